The Morgan fingerprint density at radius 2 is 1.81 bits per heavy atom. The number of benzene rings is 2. The van der Waals surface area contributed by atoms with Gasteiger partial charge in [-0.1, -0.05) is 17.7 Å². The van der Waals surface area contributed by atoms with Gasteiger partial charge in [0.25, 0.3) is 10.0 Å². The van der Waals surface area contributed by atoms with Gasteiger partial charge in [0.2, 0.25) is 0 Å². The topological polar surface area (TPSA) is 59.5 Å². The minimum absolute atomic E-state index is 0.152. The molecule has 0 saturated heterocycles. The second-order valence-corrected chi connectivity index (χ2v) is 8.47. The molecule has 3 aromatic rings. The van der Waals surface area contributed by atoms with Crippen LogP contribution in [0.2, 0.25) is 5.02 Å². The number of fused-ring (bicyclic) bond motifs is 1. The van der Waals surface area contributed by atoms with Gasteiger partial charge in [-0.3, -0.25) is 9.29 Å². The van der Waals surface area contributed by atoms with Gasteiger partial charge in [0, 0.05) is 18.9 Å². The van der Waals surface area contributed by atoms with E-state index in [2.05, 4.69) is 4.98 Å². The number of hydrogen-bond donors (Lipinski definition) is 0. The smallest absolute Gasteiger partial charge is 0.264 e. The lowest BCUT2D eigenvalue weighted by Crippen LogP contribution is -2.29. The summed E-state index contributed by atoms with van der Waals surface area (Å²) in [4.78, 5) is 4.19. The van der Waals surface area contributed by atoms with Crippen LogP contribution in [0.1, 0.15) is 5.56 Å². The number of ether oxygens (including phenoxy) is 1. The quantitative estimate of drug-likeness (QED) is 0.659. The molecular weight excluding hydrogens is 384 g/mol. The van der Waals surface area contributed by atoms with E-state index in [0.29, 0.717) is 24.4 Å². The van der Waals surface area contributed by atoms with E-state index in [1.165, 1.54) is 23.5 Å². The molecule has 7 heteroatoms. The van der Waals surface area contributed by atoms with Gasteiger partial charge in [-0.2, -0.15) is 0 Å². The predicted molar refractivity (Wildman–Crippen MR) is 106 cm³/mol. The molecule has 1 aromatic heterocycles. The average Bonchev–Trinajstić information content (AvgIpc) is 3.12. The van der Waals surface area contributed by atoms with Gasteiger partial charge >= 0.3 is 0 Å². The van der Waals surface area contributed by atoms with Crippen molar-refractivity contribution in [3.63, 3.8) is 0 Å². The van der Waals surface area contributed by atoms with Gasteiger partial charge in [-0.05, 0) is 65.6 Å². The molecule has 5 nitrogen and oxygen atoms in total. The first-order valence-corrected chi connectivity index (χ1v) is 10.2. The summed E-state index contributed by atoms with van der Waals surface area (Å²) in [6.45, 7) is 0.404. The van der Waals surface area contributed by atoms with Crippen LogP contribution in [0.15, 0.2) is 65.8 Å². The predicted octanol–water partition coefficient (Wildman–Crippen LogP) is 4.16. The fourth-order valence-corrected chi connectivity index (χ4v) is 5.13. The lowest BCUT2D eigenvalue weighted by molar-refractivity contribution is 0.414. The molecule has 0 saturated carbocycles. The molecule has 0 radical (unpaired) electrons. The van der Waals surface area contributed by atoms with Crippen LogP contribution in [0, 0.1) is 0 Å². The third-order valence-corrected chi connectivity index (χ3v) is 6.76. The SMILES string of the molecule is COc1ccc(S(=O)(=O)N2CCc3cc(-c4ccncc4)ccc32)cc1Cl. The van der Waals surface area contributed by atoms with Crippen LogP contribution in [0.4, 0.5) is 5.69 Å². The fourth-order valence-electron chi connectivity index (χ4n) is 3.28. The second-order valence-electron chi connectivity index (χ2n) is 6.20. The highest BCUT2D eigenvalue weighted by molar-refractivity contribution is 7.92. The van der Waals surface area contributed by atoms with Crippen molar-refractivity contribution in [3.05, 3.63) is 71.5 Å². The second kappa shape index (κ2) is 6.87. The van der Waals surface area contributed by atoms with Crippen LogP contribution < -0.4 is 9.04 Å². The summed E-state index contributed by atoms with van der Waals surface area (Å²) in [5.74, 6) is 0.444. The van der Waals surface area contributed by atoms with Crippen molar-refractivity contribution in [3.8, 4) is 16.9 Å². The number of rotatable bonds is 4. The molecule has 1 aliphatic heterocycles. The van der Waals surface area contributed by atoms with Gasteiger partial charge in [0.1, 0.15) is 5.75 Å². The minimum atomic E-state index is -3.69. The van der Waals surface area contributed by atoms with Crippen molar-refractivity contribution in [2.45, 2.75) is 11.3 Å². The molecule has 0 aliphatic carbocycles. The zero-order valence-corrected chi connectivity index (χ0v) is 16.2. The number of aromatic nitrogens is 1. The lowest BCUT2D eigenvalue weighted by atomic mass is 10.0. The summed E-state index contributed by atoms with van der Waals surface area (Å²) in [5.41, 5.74) is 3.81. The van der Waals surface area contributed by atoms with E-state index in [-0.39, 0.29) is 9.92 Å². The zero-order chi connectivity index (χ0) is 19.0. The van der Waals surface area contributed by atoms with E-state index in [1.807, 2.05) is 30.3 Å². The minimum Gasteiger partial charge on any atom is -0.495 e. The van der Waals surface area contributed by atoms with Crippen molar-refractivity contribution < 1.29 is 13.2 Å². The monoisotopic (exact) mass is 400 g/mol. The first-order valence-electron chi connectivity index (χ1n) is 8.40. The van der Waals surface area contributed by atoms with Crippen LogP contribution in [0.25, 0.3) is 11.1 Å². The third kappa shape index (κ3) is 3.15. The maximum atomic E-state index is 13.1. The Hall–Kier alpha value is -2.57. The van der Waals surface area contributed by atoms with Gasteiger partial charge in [0.05, 0.1) is 22.7 Å². The Morgan fingerprint density at radius 3 is 2.52 bits per heavy atom. The van der Waals surface area contributed by atoms with Crippen molar-refractivity contribution in [1.29, 1.82) is 0 Å². The first-order chi connectivity index (χ1) is 13.0. The van der Waals surface area contributed by atoms with Crippen LogP contribution in [0.3, 0.4) is 0 Å². The largest absolute Gasteiger partial charge is 0.495 e. The van der Waals surface area contributed by atoms with E-state index in [4.69, 9.17) is 16.3 Å². The highest BCUT2D eigenvalue weighted by Gasteiger charge is 2.31. The molecule has 0 fully saturated rings. The van der Waals surface area contributed by atoms with Crippen LogP contribution in [0.5, 0.6) is 5.75 Å². The van der Waals surface area contributed by atoms with Gasteiger partial charge in [-0.25, -0.2) is 8.42 Å². The first kappa shape index (κ1) is 17.8. The molecule has 0 N–H and O–H groups in total. The Labute approximate surface area is 163 Å². The molecule has 0 unspecified atom stereocenters. The number of nitrogens with zero attached hydrogens (tertiary/aromatic N) is 2. The van der Waals surface area contributed by atoms with Gasteiger partial charge in [-0.15, -0.1) is 0 Å². The normalized spacial score (nSPS) is 13.5. The molecule has 1 aliphatic rings. The summed E-state index contributed by atoms with van der Waals surface area (Å²) >= 11 is 6.12. The van der Waals surface area contributed by atoms with Gasteiger partial charge < -0.3 is 4.74 Å². The summed E-state index contributed by atoms with van der Waals surface area (Å²) < 4.78 is 32.8. The third-order valence-electron chi connectivity index (χ3n) is 4.66. The standard InChI is InChI=1S/C20H17ClN2O3S/c1-26-20-5-3-17(13-18(20)21)27(24,25)23-11-8-16-12-15(2-4-19(16)23)14-6-9-22-10-7-14/h2-7,9-10,12-13H,8,11H2,1H3. The molecule has 2 heterocycles. The van der Waals surface area contributed by atoms with Crippen LogP contribution in [-0.2, 0) is 16.4 Å². The van der Waals surface area contributed by atoms with E-state index >= 15 is 0 Å². The molecule has 0 bridgehead atoms. The number of methoxy groups -OCH3 is 1. The number of sulfonamides is 1. The average molecular weight is 401 g/mol. The summed E-state index contributed by atoms with van der Waals surface area (Å²) in [6.07, 6.45) is 4.15. The van der Waals surface area contributed by atoms with Crippen molar-refractivity contribution in [2.24, 2.45) is 0 Å². The maximum absolute atomic E-state index is 13.1. The van der Waals surface area contributed by atoms with Gasteiger partial charge in [0.15, 0.2) is 0 Å². The molecule has 27 heavy (non-hydrogen) atoms. The van der Waals surface area contributed by atoms with Crippen molar-refractivity contribution in [1.82, 2.24) is 4.98 Å². The van der Waals surface area contributed by atoms with Crippen molar-refractivity contribution in [2.75, 3.05) is 18.0 Å². The van der Waals surface area contributed by atoms with E-state index in [0.717, 1.165) is 16.7 Å². The lowest BCUT2D eigenvalue weighted by Gasteiger charge is -2.20. The Kier molecular flexibility index (Phi) is 4.53. The Morgan fingerprint density at radius 1 is 1.04 bits per heavy atom. The number of halogens is 1. The summed E-state index contributed by atoms with van der Waals surface area (Å²) in [6, 6.07) is 14.2. The van der Waals surface area contributed by atoms with Crippen molar-refractivity contribution >= 4 is 27.3 Å². The molecule has 0 atom stereocenters. The molecular formula is C20H17ClN2O3S. The van der Waals surface area contributed by atoms with Crippen LogP contribution in [-0.4, -0.2) is 27.1 Å². The highest BCUT2D eigenvalue weighted by Crippen LogP contribution is 2.37. The zero-order valence-electron chi connectivity index (χ0n) is 14.6. The Balaban J connectivity index is 1.70. The molecule has 0 amide bonds. The molecule has 4 rings (SSSR count). The number of anilines is 1. The van der Waals surface area contributed by atoms with E-state index < -0.39 is 10.0 Å². The number of pyridine rings is 1. The molecule has 138 valence electrons. The summed E-state index contributed by atoms with van der Waals surface area (Å²) in [7, 11) is -2.20. The maximum Gasteiger partial charge on any atom is 0.264 e. The molecule has 0 spiro atoms. The highest BCUT2D eigenvalue weighted by atomic mass is 35.5. The Bertz CT molecular complexity index is 1100. The van der Waals surface area contributed by atoms with E-state index in [1.54, 1.807) is 18.5 Å². The number of hydrogen-bond acceptors (Lipinski definition) is 4. The molecule has 2 aromatic carbocycles. The van der Waals surface area contributed by atoms with Crippen LogP contribution >= 0.6 is 11.6 Å². The summed E-state index contributed by atoms with van der Waals surface area (Å²) in [5, 5.41) is 0.269. The van der Waals surface area contributed by atoms with E-state index in [9.17, 15) is 8.42 Å². The fraction of sp³-hybridized carbons (Fsp3) is 0.150.